The maximum absolute atomic E-state index is 13.2. The van der Waals surface area contributed by atoms with Gasteiger partial charge in [-0.2, -0.15) is 10.2 Å². The summed E-state index contributed by atoms with van der Waals surface area (Å²) < 4.78 is 3.54. The van der Waals surface area contributed by atoms with Gasteiger partial charge in [0.25, 0.3) is 5.56 Å². The number of para-hydroxylation sites is 1. The predicted molar refractivity (Wildman–Crippen MR) is 121 cm³/mol. The van der Waals surface area contributed by atoms with Gasteiger partial charge >= 0.3 is 0 Å². The molecule has 2 aromatic carbocycles. The number of thioether (sulfide) groups is 1. The summed E-state index contributed by atoms with van der Waals surface area (Å²) in [5.74, 6) is 0.675. The minimum absolute atomic E-state index is 0.0877. The van der Waals surface area contributed by atoms with Crippen LogP contribution in [0.4, 0.5) is 5.69 Å². The van der Waals surface area contributed by atoms with Crippen molar-refractivity contribution in [3.8, 4) is 5.69 Å². The lowest BCUT2D eigenvalue weighted by Crippen LogP contribution is -2.36. The van der Waals surface area contributed by atoms with Gasteiger partial charge in [0, 0.05) is 7.05 Å². The van der Waals surface area contributed by atoms with Crippen molar-refractivity contribution in [3.05, 3.63) is 82.3 Å². The summed E-state index contributed by atoms with van der Waals surface area (Å²) in [5, 5.41) is 6.97. The van der Waals surface area contributed by atoms with Crippen molar-refractivity contribution in [1.29, 1.82) is 0 Å². The lowest BCUT2D eigenvalue weighted by atomic mass is 10.1. The largest absolute Gasteiger partial charge is 0.296 e. The van der Waals surface area contributed by atoms with Crippen LogP contribution in [0.5, 0.6) is 0 Å². The predicted octanol–water partition coefficient (Wildman–Crippen LogP) is 4.00. The first-order valence-corrected chi connectivity index (χ1v) is 10.8. The van der Waals surface area contributed by atoms with E-state index in [9.17, 15) is 4.79 Å². The molecule has 0 bridgehead atoms. The van der Waals surface area contributed by atoms with Crippen LogP contribution in [-0.4, -0.2) is 31.3 Å². The molecular weight excluding hydrogens is 382 g/mol. The summed E-state index contributed by atoms with van der Waals surface area (Å²) in [7, 11) is 1.89. The first kappa shape index (κ1) is 19.4. The molecule has 1 atom stereocenters. The highest BCUT2D eigenvalue weighted by Gasteiger charge is 2.25. The smallest absolute Gasteiger partial charge is 0.283 e. The molecule has 0 aliphatic carbocycles. The van der Waals surface area contributed by atoms with Crippen molar-refractivity contribution in [2.45, 2.75) is 25.5 Å². The normalized spacial score (nSPS) is 16.6. The van der Waals surface area contributed by atoms with E-state index in [1.165, 1.54) is 0 Å². The first-order valence-electron chi connectivity index (χ1n) is 9.74. The minimum atomic E-state index is -0.0877. The van der Waals surface area contributed by atoms with Crippen LogP contribution in [0.3, 0.4) is 0 Å². The molecular formula is C22H25N5OS. The Hall–Kier alpha value is -2.93. The van der Waals surface area contributed by atoms with Gasteiger partial charge in [-0.25, -0.2) is 4.68 Å². The maximum Gasteiger partial charge on any atom is 0.296 e. The van der Waals surface area contributed by atoms with Crippen LogP contribution >= 0.6 is 11.8 Å². The topological polar surface area (TPSA) is 54.6 Å². The molecule has 1 aliphatic heterocycles. The van der Waals surface area contributed by atoms with E-state index in [2.05, 4.69) is 24.5 Å². The van der Waals surface area contributed by atoms with Crippen LogP contribution in [0.1, 0.15) is 24.6 Å². The monoisotopic (exact) mass is 407 g/mol. The van der Waals surface area contributed by atoms with E-state index in [1.807, 2.05) is 78.9 Å². The summed E-state index contributed by atoms with van der Waals surface area (Å²) in [4.78, 5) is 13.2. The Morgan fingerprint density at radius 3 is 2.41 bits per heavy atom. The number of rotatable bonds is 5. The van der Waals surface area contributed by atoms with Gasteiger partial charge in [-0.3, -0.25) is 14.9 Å². The third-order valence-electron chi connectivity index (χ3n) is 5.17. The molecule has 0 saturated carbocycles. The highest BCUT2D eigenvalue weighted by atomic mass is 32.2. The van der Waals surface area contributed by atoms with Crippen molar-refractivity contribution < 1.29 is 0 Å². The average molecular weight is 408 g/mol. The second-order valence-electron chi connectivity index (χ2n) is 6.99. The number of nitrogens with zero attached hydrogens (tertiary/aromatic N) is 4. The fraction of sp³-hybridized carbons (Fsp3) is 0.273. The Kier molecular flexibility index (Phi) is 5.49. The average Bonchev–Trinajstić information content (AvgIpc) is 2.98. The van der Waals surface area contributed by atoms with Crippen LogP contribution < -0.4 is 11.0 Å². The van der Waals surface area contributed by atoms with Crippen LogP contribution in [0.2, 0.25) is 0 Å². The van der Waals surface area contributed by atoms with E-state index < -0.39 is 0 Å². The zero-order valence-corrected chi connectivity index (χ0v) is 17.7. The van der Waals surface area contributed by atoms with Gasteiger partial charge in [-0.15, -0.1) is 11.8 Å². The van der Waals surface area contributed by atoms with Crippen molar-refractivity contribution in [2.75, 3.05) is 11.3 Å². The first-order chi connectivity index (χ1) is 14.1. The van der Waals surface area contributed by atoms with Gasteiger partial charge in [0.1, 0.15) is 11.6 Å². The lowest BCUT2D eigenvalue weighted by molar-refractivity contribution is 0.405. The van der Waals surface area contributed by atoms with E-state index in [0.29, 0.717) is 16.8 Å². The summed E-state index contributed by atoms with van der Waals surface area (Å²) in [6.07, 6.45) is 1.01. The number of benzene rings is 2. The zero-order valence-electron chi connectivity index (χ0n) is 16.9. The zero-order chi connectivity index (χ0) is 20.4. The summed E-state index contributed by atoms with van der Waals surface area (Å²) in [5.41, 5.74) is 7.57. The SMILES string of the molecule is CCC1SCN(Nc2c(C)n(C)n(-c3ccccc3)c2=O)N=C1c1ccccc1. The molecule has 29 heavy (non-hydrogen) atoms. The van der Waals surface area contributed by atoms with Gasteiger partial charge in [-0.1, -0.05) is 55.5 Å². The van der Waals surface area contributed by atoms with E-state index in [1.54, 1.807) is 9.80 Å². The Morgan fingerprint density at radius 1 is 1.10 bits per heavy atom. The Bertz CT molecular complexity index is 1070. The Labute approximate surface area is 174 Å². The lowest BCUT2D eigenvalue weighted by Gasteiger charge is -2.30. The summed E-state index contributed by atoms with van der Waals surface area (Å²) in [6, 6.07) is 19.9. The molecule has 1 aromatic heterocycles. The Balaban J connectivity index is 1.69. The fourth-order valence-electron chi connectivity index (χ4n) is 3.51. The van der Waals surface area contributed by atoms with Crippen LogP contribution in [0.15, 0.2) is 70.6 Å². The maximum atomic E-state index is 13.2. The third kappa shape index (κ3) is 3.70. The number of hydrogen-bond donors (Lipinski definition) is 1. The van der Waals surface area contributed by atoms with Crippen LogP contribution in [0, 0.1) is 6.92 Å². The summed E-state index contributed by atoms with van der Waals surface area (Å²) >= 11 is 1.83. The second kappa shape index (κ2) is 8.21. The van der Waals surface area contributed by atoms with Gasteiger partial charge in [-0.05, 0) is 31.0 Å². The van der Waals surface area contributed by atoms with Crippen molar-refractivity contribution in [2.24, 2.45) is 12.1 Å². The van der Waals surface area contributed by atoms with E-state index >= 15 is 0 Å². The standard InChI is InChI=1S/C22H25N5OS/c1-4-19-21(17-11-7-5-8-12-17)24-26(15-29-19)23-20-16(2)25(3)27(22(20)28)18-13-9-6-10-14-18/h5-14,19,23H,4,15H2,1-3H3. The summed E-state index contributed by atoms with van der Waals surface area (Å²) in [6.45, 7) is 4.12. The van der Waals surface area contributed by atoms with Crippen molar-refractivity contribution in [3.63, 3.8) is 0 Å². The highest BCUT2D eigenvalue weighted by molar-refractivity contribution is 8.00. The molecule has 1 aliphatic rings. The highest BCUT2D eigenvalue weighted by Crippen LogP contribution is 2.27. The molecule has 0 amide bonds. The van der Waals surface area contributed by atoms with Gasteiger partial charge in [0.2, 0.25) is 0 Å². The molecule has 3 aromatic rings. The van der Waals surface area contributed by atoms with Gasteiger partial charge in [0.15, 0.2) is 0 Å². The van der Waals surface area contributed by atoms with Crippen molar-refractivity contribution in [1.82, 2.24) is 14.5 Å². The molecule has 0 spiro atoms. The fourth-order valence-corrected chi connectivity index (χ4v) is 4.53. The van der Waals surface area contributed by atoms with Crippen LogP contribution in [0.25, 0.3) is 5.69 Å². The van der Waals surface area contributed by atoms with Crippen LogP contribution in [-0.2, 0) is 7.05 Å². The van der Waals surface area contributed by atoms with E-state index in [0.717, 1.165) is 29.1 Å². The molecule has 0 fully saturated rings. The molecule has 1 N–H and O–H groups in total. The van der Waals surface area contributed by atoms with Gasteiger partial charge < -0.3 is 0 Å². The molecule has 2 heterocycles. The number of aromatic nitrogens is 2. The number of nitrogens with one attached hydrogen (secondary N) is 1. The number of anilines is 1. The molecule has 150 valence electrons. The van der Waals surface area contributed by atoms with E-state index in [4.69, 9.17) is 5.10 Å². The quantitative estimate of drug-likeness (QED) is 0.695. The molecule has 4 rings (SSSR count). The Morgan fingerprint density at radius 2 is 1.76 bits per heavy atom. The number of hydrazone groups is 1. The minimum Gasteiger partial charge on any atom is -0.283 e. The molecule has 6 nitrogen and oxygen atoms in total. The van der Waals surface area contributed by atoms with Gasteiger partial charge in [0.05, 0.1) is 22.3 Å². The number of hydrogen-bond acceptors (Lipinski definition) is 5. The second-order valence-corrected chi connectivity index (χ2v) is 8.15. The van der Waals surface area contributed by atoms with Crippen molar-refractivity contribution >= 4 is 23.2 Å². The molecule has 7 heteroatoms. The molecule has 0 radical (unpaired) electrons. The molecule has 1 unspecified atom stereocenters. The van der Waals surface area contributed by atoms with E-state index in [-0.39, 0.29) is 5.56 Å². The third-order valence-corrected chi connectivity index (χ3v) is 6.52. The number of hydrazine groups is 1. The molecule has 0 saturated heterocycles.